The molecule has 1 aliphatic carbocycles. The van der Waals surface area contributed by atoms with E-state index in [4.69, 9.17) is 9.15 Å². The fourth-order valence-corrected chi connectivity index (χ4v) is 3.67. The van der Waals surface area contributed by atoms with Crippen molar-refractivity contribution in [1.29, 1.82) is 0 Å². The van der Waals surface area contributed by atoms with Crippen molar-refractivity contribution in [2.75, 3.05) is 43.9 Å². The number of thioether (sulfide) groups is 1. The number of ether oxygens (including phenoxy) is 1. The zero-order chi connectivity index (χ0) is 17.9. The van der Waals surface area contributed by atoms with Gasteiger partial charge in [0.1, 0.15) is 5.75 Å². The lowest BCUT2D eigenvalue weighted by Gasteiger charge is -2.36. The van der Waals surface area contributed by atoms with Crippen LogP contribution in [0.5, 0.6) is 5.75 Å². The summed E-state index contributed by atoms with van der Waals surface area (Å²) >= 11 is 1.33. The quantitative estimate of drug-likeness (QED) is 0.719. The molecule has 0 N–H and O–H groups in total. The van der Waals surface area contributed by atoms with Crippen molar-refractivity contribution in [2.24, 2.45) is 0 Å². The van der Waals surface area contributed by atoms with Gasteiger partial charge in [-0.05, 0) is 37.1 Å². The third kappa shape index (κ3) is 3.95. The first-order valence-electron chi connectivity index (χ1n) is 8.86. The number of benzene rings is 1. The van der Waals surface area contributed by atoms with Gasteiger partial charge >= 0.3 is 0 Å². The number of aromatic nitrogens is 2. The molecule has 1 aliphatic heterocycles. The Morgan fingerprint density at radius 2 is 1.92 bits per heavy atom. The second kappa shape index (κ2) is 7.57. The maximum absolute atomic E-state index is 12.4. The fourth-order valence-electron chi connectivity index (χ4n) is 3.00. The molecule has 0 unspecified atom stereocenters. The van der Waals surface area contributed by atoms with E-state index in [0.29, 0.717) is 22.8 Å². The molecule has 1 saturated heterocycles. The number of carbonyl (C=O) groups is 1. The van der Waals surface area contributed by atoms with Crippen LogP contribution in [-0.2, 0) is 4.79 Å². The Kier molecular flexibility index (Phi) is 5.01. The second-order valence-corrected chi connectivity index (χ2v) is 7.46. The average molecular weight is 374 g/mol. The molecule has 0 spiro atoms. The summed E-state index contributed by atoms with van der Waals surface area (Å²) in [6.07, 6.45) is 2.26. The third-order valence-electron chi connectivity index (χ3n) is 4.74. The molecule has 1 aromatic heterocycles. The highest BCUT2D eigenvalue weighted by Crippen LogP contribution is 2.39. The Hall–Kier alpha value is -2.22. The first-order chi connectivity index (χ1) is 12.7. The lowest BCUT2D eigenvalue weighted by Crippen LogP contribution is -2.49. The molecule has 2 fully saturated rings. The van der Waals surface area contributed by atoms with E-state index in [0.717, 1.165) is 50.5 Å². The van der Waals surface area contributed by atoms with Gasteiger partial charge < -0.3 is 19.0 Å². The van der Waals surface area contributed by atoms with Crippen LogP contribution < -0.4 is 9.64 Å². The van der Waals surface area contributed by atoms with Crippen LogP contribution in [0.25, 0.3) is 0 Å². The van der Waals surface area contributed by atoms with Crippen molar-refractivity contribution in [2.45, 2.75) is 24.0 Å². The molecule has 2 heterocycles. The number of amides is 1. The van der Waals surface area contributed by atoms with Gasteiger partial charge in [0.05, 0.1) is 12.9 Å². The lowest BCUT2D eigenvalue weighted by atomic mass is 10.2. The summed E-state index contributed by atoms with van der Waals surface area (Å²) in [6, 6.07) is 8.03. The van der Waals surface area contributed by atoms with E-state index in [-0.39, 0.29) is 5.91 Å². The van der Waals surface area contributed by atoms with E-state index in [1.54, 1.807) is 7.11 Å². The van der Waals surface area contributed by atoms with Crippen molar-refractivity contribution < 1.29 is 13.9 Å². The molecule has 26 heavy (non-hydrogen) atoms. The molecular formula is C18H22N4O3S. The van der Waals surface area contributed by atoms with Gasteiger partial charge in [-0.25, -0.2) is 0 Å². The Morgan fingerprint density at radius 3 is 2.58 bits per heavy atom. The van der Waals surface area contributed by atoms with E-state index in [1.807, 2.05) is 17.0 Å². The molecule has 1 saturated carbocycles. The molecule has 4 rings (SSSR count). The highest BCUT2D eigenvalue weighted by Gasteiger charge is 2.29. The standard InChI is InChI=1S/C18H22N4O3S/c1-24-15-6-4-14(5-7-15)21-8-10-22(11-9-21)16(23)12-26-18-20-19-17(25-18)13-2-3-13/h4-7,13H,2-3,8-12H2,1H3. The zero-order valence-electron chi connectivity index (χ0n) is 14.8. The van der Waals surface area contributed by atoms with Crippen LogP contribution in [-0.4, -0.2) is 60.0 Å². The summed E-state index contributed by atoms with van der Waals surface area (Å²) in [7, 11) is 1.67. The molecule has 138 valence electrons. The van der Waals surface area contributed by atoms with E-state index in [2.05, 4.69) is 27.2 Å². The van der Waals surface area contributed by atoms with Crippen molar-refractivity contribution in [3.8, 4) is 5.75 Å². The van der Waals surface area contributed by atoms with Gasteiger partial charge in [-0.15, -0.1) is 10.2 Å². The first-order valence-corrected chi connectivity index (χ1v) is 9.84. The molecule has 2 aromatic rings. The number of nitrogens with zero attached hydrogens (tertiary/aromatic N) is 4. The second-order valence-electron chi connectivity index (χ2n) is 6.54. The Balaban J connectivity index is 1.24. The normalized spacial score (nSPS) is 17.4. The van der Waals surface area contributed by atoms with E-state index < -0.39 is 0 Å². The predicted molar refractivity (Wildman–Crippen MR) is 98.8 cm³/mol. The van der Waals surface area contributed by atoms with E-state index >= 15 is 0 Å². The van der Waals surface area contributed by atoms with Gasteiger partial charge in [0, 0.05) is 37.8 Å². The number of piperazine rings is 1. The van der Waals surface area contributed by atoms with Crippen LogP contribution in [0.15, 0.2) is 33.9 Å². The molecule has 7 nitrogen and oxygen atoms in total. The monoisotopic (exact) mass is 374 g/mol. The van der Waals surface area contributed by atoms with Gasteiger partial charge in [0.25, 0.3) is 5.22 Å². The SMILES string of the molecule is COc1ccc(N2CCN(C(=O)CSc3nnc(C4CC4)o3)CC2)cc1. The van der Waals surface area contributed by atoms with E-state index in [1.165, 1.54) is 11.8 Å². The summed E-state index contributed by atoms with van der Waals surface area (Å²) in [4.78, 5) is 16.6. The highest BCUT2D eigenvalue weighted by atomic mass is 32.2. The van der Waals surface area contributed by atoms with Gasteiger partial charge in [-0.2, -0.15) is 0 Å². The number of methoxy groups -OCH3 is 1. The summed E-state index contributed by atoms with van der Waals surface area (Å²) in [5.41, 5.74) is 1.16. The largest absolute Gasteiger partial charge is 0.497 e. The smallest absolute Gasteiger partial charge is 0.277 e. The number of carbonyl (C=O) groups excluding carboxylic acids is 1. The molecule has 0 atom stereocenters. The van der Waals surface area contributed by atoms with Crippen LogP contribution in [0.1, 0.15) is 24.7 Å². The van der Waals surface area contributed by atoms with Gasteiger partial charge in [-0.3, -0.25) is 4.79 Å². The van der Waals surface area contributed by atoms with E-state index in [9.17, 15) is 4.79 Å². The number of hydrogen-bond donors (Lipinski definition) is 0. The van der Waals surface area contributed by atoms with Crippen molar-refractivity contribution >= 4 is 23.4 Å². The van der Waals surface area contributed by atoms with Crippen LogP contribution in [0, 0.1) is 0 Å². The van der Waals surface area contributed by atoms with Crippen LogP contribution >= 0.6 is 11.8 Å². The number of hydrogen-bond acceptors (Lipinski definition) is 7. The van der Waals surface area contributed by atoms with Gasteiger partial charge in [0.2, 0.25) is 11.8 Å². The molecule has 0 bridgehead atoms. The Bertz CT molecular complexity index is 752. The van der Waals surface area contributed by atoms with Crippen molar-refractivity contribution in [3.05, 3.63) is 30.2 Å². The fraction of sp³-hybridized carbons (Fsp3) is 0.500. The average Bonchev–Trinajstić information content (AvgIpc) is 3.44. The summed E-state index contributed by atoms with van der Waals surface area (Å²) < 4.78 is 10.8. The molecule has 1 amide bonds. The maximum atomic E-state index is 12.4. The minimum Gasteiger partial charge on any atom is -0.497 e. The van der Waals surface area contributed by atoms with Crippen LogP contribution in [0.2, 0.25) is 0 Å². The van der Waals surface area contributed by atoms with Gasteiger partial charge in [0.15, 0.2) is 0 Å². The summed E-state index contributed by atoms with van der Waals surface area (Å²) in [5.74, 6) is 2.47. The minimum atomic E-state index is 0.121. The molecule has 1 aromatic carbocycles. The molecule has 0 radical (unpaired) electrons. The van der Waals surface area contributed by atoms with Crippen molar-refractivity contribution in [3.63, 3.8) is 0 Å². The Labute approximate surface area is 156 Å². The van der Waals surface area contributed by atoms with Crippen LogP contribution in [0.4, 0.5) is 5.69 Å². The molecular weight excluding hydrogens is 352 g/mol. The molecule has 8 heteroatoms. The Morgan fingerprint density at radius 1 is 1.19 bits per heavy atom. The van der Waals surface area contributed by atoms with Crippen LogP contribution in [0.3, 0.4) is 0 Å². The molecule has 2 aliphatic rings. The lowest BCUT2D eigenvalue weighted by molar-refractivity contribution is -0.128. The minimum absolute atomic E-state index is 0.121. The van der Waals surface area contributed by atoms with Gasteiger partial charge in [-0.1, -0.05) is 11.8 Å². The van der Waals surface area contributed by atoms with Crippen molar-refractivity contribution in [1.82, 2.24) is 15.1 Å². The topological polar surface area (TPSA) is 71.7 Å². The highest BCUT2D eigenvalue weighted by molar-refractivity contribution is 7.99. The predicted octanol–water partition coefficient (Wildman–Crippen LogP) is 2.40. The third-order valence-corrected chi connectivity index (χ3v) is 5.54. The maximum Gasteiger partial charge on any atom is 0.277 e. The zero-order valence-corrected chi connectivity index (χ0v) is 15.6. The first kappa shape index (κ1) is 17.2. The summed E-state index contributed by atoms with van der Waals surface area (Å²) in [6.45, 7) is 3.11. The number of anilines is 1. The summed E-state index contributed by atoms with van der Waals surface area (Å²) in [5, 5.41) is 8.56. The number of rotatable bonds is 6.